The highest BCUT2D eigenvalue weighted by atomic mass is 16.3. The molecular formula is C71H52N2O2. The highest BCUT2D eigenvalue weighted by Crippen LogP contribution is 2.64. The summed E-state index contributed by atoms with van der Waals surface area (Å²) < 4.78 is 13.2. The van der Waals surface area contributed by atoms with Gasteiger partial charge in [0, 0.05) is 55.7 Å². The zero-order valence-electron chi connectivity index (χ0n) is 42.3. The van der Waals surface area contributed by atoms with Crippen LogP contribution in [-0.4, -0.2) is 0 Å². The van der Waals surface area contributed by atoms with Gasteiger partial charge >= 0.3 is 0 Å². The van der Waals surface area contributed by atoms with Gasteiger partial charge in [-0.2, -0.15) is 0 Å². The molecule has 0 bridgehead atoms. The minimum atomic E-state index is -0.584. The Morgan fingerprint density at radius 1 is 0.307 bits per heavy atom. The summed E-state index contributed by atoms with van der Waals surface area (Å²) in [6.45, 7) is 8.93. The van der Waals surface area contributed by atoms with Gasteiger partial charge in [-0.05, 0) is 175 Å². The second-order valence-electron chi connectivity index (χ2n) is 21.2. The van der Waals surface area contributed by atoms with Crippen molar-refractivity contribution in [2.45, 2.75) is 44.9 Å². The highest BCUT2D eigenvalue weighted by molar-refractivity contribution is 6.09. The van der Waals surface area contributed by atoms with Crippen LogP contribution >= 0.6 is 0 Å². The lowest BCUT2D eigenvalue weighted by Gasteiger charge is -2.32. The van der Waals surface area contributed by atoms with E-state index >= 15 is 0 Å². The predicted molar refractivity (Wildman–Crippen MR) is 312 cm³/mol. The van der Waals surface area contributed by atoms with E-state index < -0.39 is 5.41 Å². The largest absolute Gasteiger partial charge is 0.456 e. The first-order valence-corrected chi connectivity index (χ1v) is 26.4. The maximum atomic E-state index is 6.63. The number of para-hydroxylation sites is 4. The number of anilines is 6. The molecule has 0 atom stereocenters. The molecule has 2 aliphatic rings. The summed E-state index contributed by atoms with van der Waals surface area (Å²) >= 11 is 0. The molecule has 0 amide bonds. The first-order valence-electron chi connectivity index (χ1n) is 26.4. The lowest BCUT2D eigenvalue weighted by Crippen LogP contribution is -2.26. The second-order valence-corrected chi connectivity index (χ2v) is 21.2. The quantitative estimate of drug-likeness (QED) is 0.152. The first-order chi connectivity index (χ1) is 36.8. The molecule has 2 heterocycles. The molecule has 0 radical (unpaired) electrons. The van der Waals surface area contributed by atoms with Gasteiger partial charge in [0.25, 0.3) is 0 Å². The van der Waals surface area contributed by atoms with Crippen LogP contribution in [-0.2, 0) is 5.41 Å². The van der Waals surface area contributed by atoms with Crippen LogP contribution in [0.5, 0.6) is 0 Å². The Kier molecular flexibility index (Phi) is 9.53. The molecule has 4 heteroatoms. The maximum absolute atomic E-state index is 6.63. The lowest BCUT2D eigenvalue weighted by molar-refractivity contribution is 0.656. The van der Waals surface area contributed by atoms with Crippen molar-refractivity contribution in [2.24, 2.45) is 0 Å². The third-order valence-electron chi connectivity index (χ3n) is 16.3. The first kappa shape index (κ1) is 43.5. The van der Waals surface area contributed by atoms with Gasteiger partial charge < -0.3 is 18.6 Å². The minimum absolute atomic E-state index is 0.343. The van der Waals surface area contributed by atoms with Crippen LogP contribution in [0.3, 0.4) is 0 Å². The Balaban J connectivity index is 0.935. The van der Waals surface area contributed by atoms with Crippen molar-refractivity contribution in [2.75, 3.05) is 9.80 Å². The van der Waals surface area contributed by atoms with Crippen LogP contribution in [0, 0.1) is 0 Å². The summed E-state index contributed by atoms with van der Waals surface area (Å²) in [4.78, 5) is 4.81. The summed E-state index contributed by atoms with van der Waals surface area (Å²) in [5, 5.41) is 6.89. The Morgan fingerprint density at radius 2 is 0.760 bits per heavy atom. The maximum Gasteiger partial charge on any atom is 0.138 e. The molecule has 0 saturated carbocycles. The highest BCUT2D eigenvalue weighted by Gasteiger charge is 2.52. The van der Waals surface area contributed by atoms with E-state index in [4.69, 9.17) is 8.83 Å². The standard InChI is InChI=1S/C71H52N2O2/c1-43(2)53-23-15-25-58-61-40-50(32-35-67(61)74-69(53)58)72(47-17-7-5-8-18-47)49-30-29-45-38-60-57-34-31-52(42-66(57)71(65(60)39-46(45)37-49)63-27-13-11-21-55(63)56-22-12-14-28-64(56)71)73(48-19-9-6-10-20-48)51-33-36-68-62(41-51)59-26-16-24-54(44(3)4)70(59)75-68/h5-44H,1-4H3. The molecule has 75 heavy (non-hydrogen) atoms. The van der Waals surface area contributed by atoms with E-state index in [1.165, 1.54) is 66.4 Å². The number of benzene rings is 11. The number of rotatable bonds is 8. The van der Waals surface area contributed by atoms with Gasteiger partial charge in [-0.3, -0.25) is 0 Å². The number of hydrogen-bond donors (Lipinski definition) is 0. The van der Waals surface area contributed by atoms with E-state index in [1.807, 2.05) is 0 Å². The molecule has 0 aliphatic heterocycles. The Morgan fingerprint density at radius 3 is 1.31 bits per heavy atom. The zero-order chi connectivity index (χ0) is 50.1. The van der Waals surface area contributed by atoms with E-state index in [0.29, 0.717) is 11.8 Å². The summed E-state index contributed by atoms with van der Waals surface area (Å²) in [5.74, 6) is 0.691. The summed E-state index contributed by atoms with van der Waals surface area (Å²) in [7, 11) is 0. The fourth-order valence-electron chi connectivity index (χ4n) is 13.0. The van der Waals surface area contributed by atoms with Crippen molar-refractivity contribution >= 4 is 88.8 Å². The van der Waals surface area contributed by atoms with Gasteiger partial charge in [0.1, 0.15) is 22.3 Å². The SMILES string of the molecule is CC(C)c1cccc2c1oc1ccc(N(c3ccccc3)c3ccc4c(c3)C3(c5ccccc5-c5ccccc53)c3cc5cc(N(c6ccccc6)c6ccc7oc8c(C(C)C)cccc8c7c6)ccc5cc3-4)cc12. The average molecular weight is 965 g/mol. The van der Waals surface area contributed by atoms with Crippen LogP contribution in [0.15, 0.2) is 239 Å². The number of furan rings is 2. The zero-order valence-corrected chi connectivity index (χ0v) is 42.3. The van der Waals surface area contributed by atoms with Crippen molar-refractivity contribution in [1.82, 2.24) is 0 Å². The second kappa shape index (κ2) is 16.4. The molecule has 11 aromatic carbocycles. The lowest BCUT2D eigenvalue weighted by atomic mass is 9.70. The van der Waals surface area contributed by atoms with E-state index in [-0.39, 0.29) is 0 Å². The normalized spacial score (nSPS) is 13.1. The van der Waals surface area contributed by atoms with E-state index in [0.717, 1.165) is 78.0 Å². The third kappa shape index (κ3) is 6.36. The summed E-state index contributed by atoms with van der Waals surface area (Å²) in [6.07, 6.45) is 0. The van der Waals surface area contributed by atoms with Crippen molar-refractivity contribution < 1.29 is 8.83 Å². The monoisotopic (exact) mass is 964 g/mol. The van der Waals surface area contributed by atoms with Crippen LogP contribution in [0.1, 0.15) is 72.9 Å². The smallest absolute Gasteiger partial charge is 0.138 e. The van der Waals surface area contributed by atoms with Crippen molar-refractivity contribution in [3.05, 3.63) is 264 Å². The van der Waals surface area contributed by atoms with Crippen molar-refractivity contribution in [3.8, 4) is 22.3 Å². The van der Waals surface area contributed by atoms with Crippen molar-refractivity contribution in [3.63, 3.8) is 0 Å². The minimum Gasteiger partial charge on any atom is -0.456 e. The third-order valence-corrected chi connectivity index (χ3v) is 16.3. The van der Waals surface area contributed by atoms with Gasteiger partial charge in [-0.15, -0.1) is 0 Å². The van der Waals surface area contributed by atoms with Gasteiger partial charge in [-0.25, -0.2) is 0 Å². The Bertz CT molecular complexity index is 4400. The van der Waals surface area contributed by atoms with Crippen LogP contribution in [0.2, 0.25) is 0 Å². The summed E-state index contributed by atoms with van der Waals surface area (Å²) in [6, 6.07) is 85.3. The Hall–Kier alpha value is -9.12. The molecule has 0 unspecified atom stereocenters. The number of fused-ring (bicyclic) bond motifs is 17. The molecule has 1 spiro atoms. The van der Waals surface area contributed by atoms with Crippen LogP contribution in [0.25, 0.3) is 76.9 Å². The predicted octanol–water partition coefficient (Wildman–Crippen LogP) is 20.2. The Labute approximate surface area is 436 Å². The molecule has 358 valence electrons. The van der Waals surface area contributed by atoms with Crippen LogP contribution in [0.4, 0.5) is 34.1 Å². The van der Waals surface area contributed by atoms with Gasteiger partial charge in [0.15, 0.2) is 0 Å². The molecule has 13 aromatic rings. The van der Waals surface area contributed by atoms with Crippen molar-refractivity contribution in [1.29, 1.82) is 0 Å². The molecule has 15 rings (SSSR count). The van der Waals surface area contributed by atoms with Gasteiger partial charge in [0.2, 0.25) is 0 Å². The topological polar surface area (TPSA) is 32.8 Å². The summed E-state index contributed by atoms with van der Waals surface area (Å²) in [5.41, 5.74) is 22.4. The average Bonchev–Trinajstić information content (AvgIpc) is 4.20. The molecule has 2 aliphatic carbocycles. The number of nitrogens with zero attached hydrogens (tertiary/aromatic N) is 2. The fourth-order valence-corrected chi connectivity index (χ4v) is 13.0. The molecule has 4 nitrogen and oxygen atoms in total. The molecule has 0 N–H and O–H groups in total. The van der Waals surface area contributed by atoms with Gasteiger partial charge in [0.05, 0.1) is 5.41 Å². The fraction of sp³-hybridized carbons (Fsp3) is 0.0986. The van der Waals surface area contributed by atoms with Gasteiger partial charge in [-0.1, -0.05) is 161 Å². The molecule has 0 saturated heterocycles. The van der Waals surface area contributed by atoms with E-state index in [1.54, 1.807) is 0 Å². The molecule has 2 aromatic heterocycles. The van der Waals surface area contributed by atoms with E-state index in [9.17, 15) is 0 Å². The molecular weight excluding hydrogens is 913 g/mol. The van der Waals surface area contributed by atoms with E-state index in [2.05, 4.69) is 268 Å². The molecule has 0 fully saturated rings. The number of hydrogen-bond acceptors (Lipinski definition) is 4. The van der Waals surface area contributed by atoms with Crippen LogP contribution < -0.4 is 9.80 Å².